The number of hydrogen-bond acceptors (Lipinski definition) is 6. The highest BCUT2D eigenvalue weighted by Crippen LogP contribution is 2.16. The zero-order valence-electron chi connectivity index (χ0n) is 9.80. The fraction of sp³-hybridized carbons (Fsp3) is 0.667. The fourth-order valence-corrected chi connectivity index (χ4v) is 3.31. The zero-order valence-corrected chi connectivity index (χ0v) is 11.4. The first kappa shape index (κ1) is 14.5. The fourth-order valence-electron chi connectivity index (χ4n) is 1.12. The van der Waals surface area contributed by atoms with Gasteiger partial charge in [0, 0.05) is 19.6 Å². The van der Waals surface area contributed by atoms with Crippen molar-refractivity contribution in [1.82, 2.24) is 15.0 Å². The van der Waals surface area contributed by atoms with Gasteiger partial charge in [-0.05, 0) is 13.8 Å². The molecule has 6 nitrogen and oxygen atoms in total. The maximum absolute atomic E-state index is 11.7. The number of thiazole rings is 1. The van der Waals surface area contributed by atoms with Crippen LogP contribution in [0.3, 0.4) is 0 Å². The topological polar surface area (TPSA) is 91.3 Å². The van der Waals surface area contributed by atoms with Crippen LogP contribution >= 0.6 is 11.3 Å². The highest BCUT2D eigenvalue weighted by molar-refractivity contribution is 7.91. The molecule has 1 atom stereocenters. The minimum absolute atomic E-state index is 0.227. The third-order valence-electron chi connectivity index (χ3n) is 1.90. The Kier molecular flexibility index (Phi) is 5.47. The first-order valence-corrected chi connectivity index (χ1v) is 7.52. The highest BCUT2D eigenvalue weighted by Gasteiger charge is 2.15. The van der Waals surface area contributed by atoms with Crippen molar-refractivity contribution in [3.8, 4) is 0 Å². The molecule has 17 heavy (non-hydrogen) atoms. The first-order valence-electron chi connectivity index (χ1n) is 5.22. The van der Waals surface area contributed by atoms with Gasteiger partial charge in [0.15, 0.2) is 4.21 Å². The Hall–Kier alpha value is -0.540. The Labute approximate surface area is 105 Å². The van der Waals surface area contributed by atoms with Gasteiger partial charge in [-0.2, -0.15) is 0 Å². The standard InChI is InChI=1S/C9H17N3O3S2/c1-7(13)5-10-3-4-12-17(14,15)9-6-11-8(2)16-9/h6-7,10,12-13H,3-5H2,1-2H3. The molecule has 8 heteroatoms. The number of nitrogens with one attached hydrogen (secondary N) is 2. The number of nitrogens with zero attached hydrogens (tertiary/aromatic N) is 1. The lowest BCUT2D eigenvalue weighted by molar-refractivity contribution is 0.192. The van der Waals surface area contributed by atoms with Crippen molar-refractivity contribution >= 4 is 21.4 Å². The molecule has 0 amide bonds. The SMILES string of the molecule is Cc1ncc(S(=O)(=O)NCCNCC(C)O)s1. The van der Waals surface area contributed by atoms with E-state index in [0.29, 0.717) is 13.1 Å². The number of rotatable bonds is 7. The Balaban J connectivity index is 2.36. The normalized spacial score (nSPS) is 13.8. The quantitative estimate of drug-likeness (QED) is 0.596. The van der Waals surface area contributed by atoms with Crippen molar-refractivity contribution < 1.29 is 13.5 Å². The largest absolute Gasteiger partial charge is 0.392 e. The van der Waals surface area contributed by atoms with Gasteiger partial charge in [-0.15, -0.1) is 11.3 Å². The van der Waals surface area contributed by atoms with E-state index in [9.17, 15) is 8.42 Å². The second kappa shape index (κ2) is 6.41. The van der Waals surface area contributed by atoms with Gasteiger partial charge in [0.2, 0.25) is 0 Å². The van der Waals surface area contributed by atoms with E-state index in [4.69, 9.17) is 5.11 Å². The Morgan fingerprint density at radius 1 is 1.53 bits per heavy atom. The summed E-state index contributed by atoms with van der Waals surface area (Å²) in [5, 5.41) is 12.6. The first-order chi connectivity index (χ1) is 7.92. The highest BCUT2D eigenvalue weighted by atomic mass is 32.2. The predicted molar refractivity (Wildman–Crippen MR) is 66.6 cm³/mol. The minimum atomic E-state index is -3.44. The second-order valence-electron chi connectivity index (χ2n) is 3.65. The van der Waals surface area contributed by atoms with Crippen molar-refractivity contribution in [2.24, 2.45) is 0 Å². The molecule has 0 aliphatic heterocycles. The molecule has 3 N–H and O–H groups in total. The average Bonchev–Trinajstić information content (AvgIpc) is 2.64. The summed E-state index contributed by atoms with van der Waals surface area (Å²) in [7, 11) is -3.44. The Bertz CT molecular complexity index is 442. The molecule has 0 fully saturated rings. The Morgan fingerprint density at radius 3 is 2.76 bits per heavy atom. The Morgan fingerprint density at radius 2 is 2.24 bits per heavy atom. The number of aryl methyl sites for hydroxylation is 1. The van der Waals surface area contributed by atoms with E-state index >= 15 is 0 Å². The molecule has 0 aliphatic carbocycles. The van der Waals surface area contributed by atoms with Gasteiger partial charge in [0.05, 0.1) is 17.3 Å². The van der Waals surface area contributed by atoms with Gasteiger partial charge < -0.3 is 10.4 Å². The summed E-state index contributed by atoms with van der Waals surface area (Å²) >= 11 is 1.14. The van der Waals surface area contributed by atoms with Crippen molar-refractivity contribution in [3.63, 3.8) is 0 Å². The van der Waals surface area contributed by atoms with E-state index in [1.54, 1.807) is 13.8 Å². The summed E-state index contributed by atoms with van der Waals surface area (Å²) in [5.41, 5.74) is 0. The van der Waals surface area contributed by atoms with Crippen LogP contribution in [0.25, 0.3) is 0 Å². The molecular formula is C9H17N3O3S2. The van der Waals surface area contributed by atoms with Gasteiger partial charge in [-0.1, -0.05) is 0 Å². The van der Waals surface area contributed by atoms with E-state index < -0.39 is 16.1 Å². The van der Waals surface area contributed by atoms with Crippen molar-refractivity contribution in [2.75, 3.05) is 19.6 Å². The zero-order chi connectivity index (χ0) is 12.9. The number of sulfonamides is 1. The molecule has 0 aromatic carbocycles. The summed E-state index contributed by atoms with van der Waals surface area (Å²) in [6, 6.07) is 0. The van der Waals surface area contributed by atoms with Gasteiger partial charge in [0.25, 0.3) is 10.0 Å². The maximum Gasteiger partial charge on any atom is 0.251 e. The molecule has 1 heterocycles. The molecule has 0 bridgehead atoms. The third-order valence-corrected chi connectivity index (χ3v) is 4.73. The average molecular weight is 279 g/mol. The monoisotopic (exact) mass is 279 g/mol. The number of hydrogen-bond donors (Lipinski definition) is 3. The second-order valence-corrected chi connectivity index (χ2v) is 6.88. The van der Waals surface area contributed by atoms with Gasteiger partial charge in [-0.3, -0.25) is 0 Å². The van der Waals surface area contributed by atoms with Gasteiger partial charge in [-0.25, -0.2) is 18.1 Å². The van der Waals surface area contributed by atoms with E-state index in [-0.39, 0.29) is 10.8 Å². The summed E-state index contributed by atoms with van der Waals surface area (Å²) in [6.07, 6.45) is 0.918. The van der Waals surface area contributed by atoms with E-state index in [1.165, 1.54) is 6.20 Å². The van der Waals surface area contributed by atoms with Crippen LogP contribution in [0.5, 0.6) is 0 Å². The predicted octanol–water partition coefficient (Wildman–Crippen LogP) is -0.300. The molecule has 0 saturated heterocycles. The van der Waals surface area contributed by atoms with Gasteiger partial charge in [0.1, 0.15) is 0 Å². The van der Waals surface area contributed by atoms with Crippen molar-refractivity contribution in [2.45, 2.75) is 24.2 Å². The molecule has 0 spiro atoms. The van der Waals surface area contributed by atoms with Crippen LogP contribution in [-0.4, -0.2) is 44.2 Å². The van der Waals surface area contributed by atoms with Crippen molar-refractivity contribution in [3.05, 3.63) is 11.2 Å². The van der Waals surface area contributed by atoms with Gasteiger partial charge >= 0.3 is 0 Å². The minimum Gasteiger partial charge on any atom is -0.392 e. The molecule has 1 unspecified atom stereocenters. The van der Waals surface area contributed by atoms with E-state index in [0.717, 1.165) is 16.3 Å². The van der Waals surface area contributed by atoms with Crippen LogP contribution in [0.15, 0.2) is 10.4 Å². The molecule has 0 saturated carbocycles. The van der Waals surface area contributed by atoms with E-state index in [2.05, 4.69) is 15.0 Å². The van der Waals surface area contributed by atoms with E-state index in [1.807, 2.05) is 0 Å². The maximum atomic E-state index is 11.7. The molecule has 0 radical (unpaired) electrons. The molecule has 1 rings (SSSR count). The summed E-state index contributed by atoms with van der Waals surface area (Å²) < 4.78 is 26.1. The number of aromatic nitrogens is 1. The van der Waals surface area contributed by atoms with Crippen LogP contribution < -0.4 is 10.0 Å². The third kappa shape index (κ3) is 5.09. The van der Waals surface area contributed by atoms with Crippen molar-refractivity contribution in [1.29, 1.82) is 0 Å². The lowest BCUT2D eigenvalue weighted by Gasteiger charge is -2.07. The lowest BCUT2D eigenvalue weighted by Crippen LogP contribution is -2.34. The van der Waals surface area contributed by atoms with Crippen LogP contribution in [0.4, 0.5) is 0 Å². The van der Waals surface area contributed by atoms with Crippen LogP contribution in [0.1, 0.15) is 11.9 Å². The smallest absolute Gasteiger partial charge is 0.251 e. The molecule has 1 aromatic rings. The number of aliphatic hydroxyl groups excluding tert-OH is 1. The number of aliphatic hydroxyl groups is 1. The summed E-state index contributed by atoms with van der Waals surface area (Å²) in [5.74, 6) is 0. The van der Waals surface area contributed by atoms with Crippen LogP contribution in [0.2, 0.25) is 0 Å². The molecule has 1 aromatic heterocycles. The molecule has 0 aliphatic rings. The lowest BCUT2D eigenvalue weighted by atomic mass is 10.4. The molecular weight excluding hydrogens is 262 g/mol. The summed E-state index contributed by atoms with van der Waals surface area (Å²) in [4.78, 5) is 3.90. The summed E-state index contributed by atoms with van der Waals surface area (Å²) in [6.45, 7) is 4.63. The van der Waals surface area contributed by atoms with Crippen LogP contribution in [-0.2, 0) is 10.0 Å². The van der Waals surface area contributed by atoms with Crippen LogP contribution in [0, 0.1) is 6.92 Å². The molecule has 98 valence electrons.